The van der Waals surface area contributed by atoms with Crippen molar-refractivity contribution in [3.8, 4) is 5.75 Å². The quantitative estimate of drug-likeness (QED) is 0.349. The van der Waals surface area contributed by atoms with Crippen LogP contribution in [0.4, 0.5) is 11.4 Å². The first kappa shape index (κ1) is 23.5. The van der Waals surface area contributed by atoms with E-state index in [4.69, 9.17) is 27.9 Å². The lowest BCUT2D eigenvalue weighted by molar-refractivity contribution is -0.120. The third kappa shape index (κ3) is 4.83. The van der Waals surface area contributed by atoms with Crippen LogP contribution in [0, 0.1) is 6.92 Å². The van der Waals surface area contributed by atoms with Gasteiger partial charge in [-0.05, 0) is 43.3 Å². The standard InChI is InChI=1S/C26H21Cl2N3O3/c1-16-14-29-24-18(25(16)34-15-22(32)31(2)17-8-4-3-5-9-17)10-6-13-21(24)30-26(33)23-19(27)11-7-12-20(23)28/h3-14H,15H2,1-2H3,(H,30,33). The number of anilines is 2. The Morgan fingerprint density at radius 1 is 0.971 bits per heavy atom. The number of para-hydroxylation sites is 2. The highest BCUT2D eigenvalue weighted by molar-refractivity contribution is 6.40. The van der Waals surface area contributed by atoms with Gasteiger partial charge in [0.1, 0.15) is 5.75 Å². The first-order valence-electron chi connectivity index (χ1n) is 10.4. The average molecular weight is 494 g/mol. The number of rotatable bonds is 6. The number of hydrogen-bond donors (Lipinski definition) is 1. The number of fused-ring (bicyclic) bond motifs is 1. The van der Waals surface area contributed by atoms with Crippen molar-refractivity contribution in [2.75, 3.05) is 23.9 Å². The topological polar surface area (TPSA) is 71.5 Å². The number of hydrogen-bond acceptors (Lipinski definition) is 4. The first-order valence-corrected chi connectivity index (χ1v) is 11.2. The molecule has 1 aromatic heterocycles. The van der Waals surface area contributed by atoms with Crippen LogP contribution < -0.4 is 15.0 Å². The molecule has 4 aromatic rings. The van der Waals surface area contributed by atoms with Crippen molar-refractivity contribution in [2.45, 2.75) is 6.92 Å². The van der Waals surface area contributed by atoms with E-state index in [1.165, 1.54) is 4.90 Å². The molecule has 0 unspecified atom stereocenters. The fourth-order valence-electron chi connectivity index (χ4n) is 3.52. The molecule has 0 aliphatic heterocycles. The van der Waals surface area contributed by atoms with Gasteiger partial charge in [0, 0.05) is 29.9 Å². The number of aryl methyl sites for hydroxylation is 1. The highest BCUT2D eigenvalue weighted by atomic mass is 35.5. The molecule has 2 amide bonds. The fraction of sp³-hybridized carbons (Fsp3) is 0.115. The molecule has 6 nitrogen and oxygen atoms in total. The van der Waals surface area contributed by atoms with Gasteiger partial charge in [-0.3, -0.25) is 14.6 Å². The van der Waals surface area contributed by atoms with Gasteiger partial charge in [0.05, 0.1) is 26.8 Å². The third-order valence-corrected chi connectivity index (χ3v) is 5.95. The van der Waals surface area contributed by atoms with Crippen LogP contribution in [-0.2, 0) is 4.79 Å². The molecule has 0 saturated heterocycles. The van der Waals surface area contributed by atoms with E-state index in [1.807, 2.05) is 43.3 Å². The zero-order valence-corrected chi connectivity index (χ0v) is 20.0. The molecule has 0 aliphatic rings. The summed E-state index contributed by atoms with van der Waals surface area (Å²) in [7, 11) is 1.70. The van der Waals surface area contributed by atoms with Crippen LogP contribution in [0.3, 0.4) is 0 Å². The molecular formula is C26H21Cl2N3O3. The van der Waals surface area contributed by atoms with E-state index >= 15 is 0 Å². The van der Waals surface area contributed by atoms with Crippen molar-refractivity contribution in [1.82, 2.24) is 4.98 Å². The molecule has 172 valence electrons. The van der Waals surface area contributed by atoms with Crippen LogP contribution in [0.25, 0.3) is 10.9 Å². The van der Waals surface area contributed by atoms with Crippen molar-refractivity contribution in [2.24, 2.45) is 0 Å². The fourth-order valence-corrected chi connectivity index (χ4v) is 4.09. The van der Waals surface area contributed by atoms with E-state index in [9.17, 15) is 9.59 Å². The summed E-state index contributed by atoms with van der Waals surface area (Å²) < 4.78 is 5.95. The second-order valence-corrected chi connectivity index (χ2v) is 8.41. The summed E-state index contributed by atoms with van der Waals surface area (Å²) in [6, 6.07) is 19.5. The Labute approximate surface area is 207 Å². The van der Waals surface area contributed by atoms with Crippen LogP contribution in [0.15, 0.2) is 72.9 Å². The lowest BCUT2D eigenvalue weighted by Crippen LogP contribution is -2.31. The van der Waals surface area contributed by atoms with E-state index < -0.39 is 5.91 Å². The molecule has 3 aromatic carbocycles. The number of likely N-dealkylation sites (N-methyl/N-ethyl adjacent to an activating group) is 1. The number of aromatic nitrogens is 1. The van der Waals surface area contributed by atoms with Crippen LogP contribution in [0.2, 0.25) is 10.0 Å². The van der Waals surface area contributed by atoms with Crippen molar-refractivity contribution < 1.29 is 14.3 Å². The minimum absolute atomic E-state index is 0.156. The number of pyridine rings is 1. The van der Waals surface area contributed by atoms with E-state index in [0.29, 0.717) is 22.3 Å². The van der Waals surface area contributed by atoms with Crippen molar-refractivity contribution >= 4 is 57.3 Å². The highest BCUT2D eigenvalue weighted by Gasteiger charge is 2.18. The SMILES string of the molecule is Cc1cnc2c(NC(=O)c3c(Cl)cccc3Cl)cccc2c1OCC(=O)N(C)c1ccccc1. The van der Waals surface area contributed by atoms with Gasteiger partial charge < -0.3 is 15.0 Å². The van der Waals surface area contributed by atoms with Crippen LogP contribution in [0.1, 0.15) is 15.9 Å². The molecule has 0 atom stereocenters. The maximum atomic E-state index is 12.9. The van der Waals surface area contributed by atoms with Gasteiger partial charge in [-0.1, -0.05) is 53.5 Å². The van der Waals surface area contributed by atoms with Crippen LogP contribution in [0.5, 0.6) is 5.75 Å². The van der Waals surface area contributed by atoms with Crippen LogP contribution in [-0.4, -0.2) is 30.5 Å². The first-order chi connectivity index (χ1) is 16.4. The summed E-state index contributed by atoms with van der Waals surface area (Å²) >= 11 is 12.4. The normalized spacial score (nSPS) is 10.7. The third-order valence-electron chi connectivity index (χ3n) is 5.32. The number of carbonyl (C=O) groups is 2. The molecule has 0 spiro atoms. The van der Waals surface area contributed by atoms with Gasteiger partial charge >= 0.3 is 0 Å². The van der Waals surface area contributed by atoms with Gasteiger partial charge in [-0.15, -0.1) is 0 Å². The van der Waals surface area contributed by atoms with E-state index in [0.717, 1.165) is 11.3 Å². The smallest absolute Gasteiger partial charge is 0.264 e. The molecule has 4 rings (SSSR count). The summed E-state index contributed by atoms with van der Waals surface area (Å²) in [6.07, 6.45) is 1.64. The minimum Gasteiger partial charge on any atom is -0.483 e. The van der Waals surface area contributed by atoms with Gasteiger partial charge in [-0.25, -0.2) is 0 Å². The Bertz CT molecular complexity index is 1360. The lowest BCUT2D eigenvalue weighted by Gasteiger charge is -2.19. The molecule has 34 heavy (non-hydrogen) atoms. The molecule has 0 bridgehead atoms. The number of benzene rings is 3. The maximum Gasteiger partial charge on any atom is 0.264 e. The predicted octanol–water partition coefficient (Wildman–Crippen LogP) is 6.14. The summed E-state index contributed by atoms with van der Waals surface area (Å²) in [5, 5.41) is 4.00. The zero-order chi connectivity index (χ0) is 24.2. The Morgan fingerprint density at radius 3 is 2.35 bits per heavy atom. The van der Waals surface area contributed by atoms with E-state index in [2.05, 4.69) is 10.3 Å². The zero-order valence-electron chi connectivity index (χ0n) is 18.5. The Kier molecular flexibility index (Phi) is 7.01. The largest absolute Gasteiger partial charge is 0.483 e. The van der Waals surface area contributed by atoms with Gasteiger partial charge in [0.2, 0.25) is 0 Å². The molecule has 0 aliphatic carbocycles. The number of nitrogens with zero attached hydrogens (tertiary/aromatic N) is 2. The summed E-state index contributed by atoms with van der Waals surface area (Å²) in [5.41, 5.74) is 2.71. The second-order valence-electron chi connectivity index (χ2n) is 7.60. The van der Waals surface area contributed by atoms with Crippen LogP contribution >= 0.6 is 23.2 Å². The lowest BCUT2D eigenvalue weighted by atomic mass is 10.1. The number of nitrogens with one attached hydrogen (secondary N) is 1. The van der Waals surface area contributed by atoms with Crippen molar-refractivity contribution in [3.63, 3.8) is 0 Å². The van der Waals surface area contributed by atoms with Crippen molar-refractivity contribution in [1.29, 1.82) is 0 Å². The van der Waals surface area contributed by atoms with Gasteiger partial charge in [-0.2, -0.15) is 0 Å². The summed E-state index contributed by atoms with van der Waals surface area (Å²) in [6.45, 7) is 1.69. The number of halogens is 2. The second kappa shape index (κ2) is 10.1. The van der Waals surface area contributed by atoms with Gasteiger partial charge in [0.25, 0.3) is 11.8 Å². The molecule has 1 N–H and O–H groups in total. The Hall–Kier alpha value is -3.61. The Balaban J connectivity index is 1.60. The van der Waals surface area contributed by atoms with Crippen molar-refractivity contribution in [3.05, 3.63) is 94.1 Å². The Morgan fingerprint density at radius 2 is 1.65 bits per heavy atom. The molecule has 1 heterocycles. The monoisotopic (exact) mass is 493 g/mol. The minimum atomic E-state index is -0.451. The summed E-state index contributed by atoms with van der Waals surface area (Å²) in [5.74, 6) is -0.132. The van der Waals surface area contributed by atoms with E-state index in [-0.39, 0.29) is 28.1 Å². The van der Waals surface area contributed by atoms with Gasteiger partial charge in [0.15, 0.2) is 6.61 Å². The molecule has 0 fully saturated rings. The summed E-state index contributed by atoms with van der Waals surface area (Å²) in [4.78, 5) is 31.6. The van der Waals surface area contributed by atoms with E-state index in [1.54, 1.807) is 43.6 Å². The molecule has 8 heteroatoms. The number of amides is 2. The predicted molar refractivity (Wildman–Crippen MR) is 136 cm³/mol. The highest BCUT2D eigenvalue weighted by Crippen LogP contribution is 2.33. The number of carbonyl (C=O) groups excluding carboxylic acids is 2. The molecular weight excluding hydrogens is 473 g/mol. The average Bonchev–Trinajstić information content (AvgIpc) is 2.83. The molecule has 0 radical (unpaired) electrons. The molecule has 0 saturated carbocycles. The number of ether oxygens (including phenoxy) is 1. The maximum absolute atomic E-state index is 12.9.